The van der Waals surface area contributed by atoms with Gasteiger partial charge in [-0.2, -0.15) is 5.26 Å². The molecule has 0 radical (unpaired) electrons. The summed E-state index contributed by atoms with van der Waals surface area (Å²) < 4.78 is 5.19. The zero-order valence-corrected chi connectivity index (χ0v) is 10.9. The minimum atomic E-state index is -1.13. The van der Waals surface area contributed by atoms with Crippen LogP contribution >= 0.6 is 0 Å². The highest BCUT2D eigenvalue weighted by Crippen LogP contribution is 2.51. The summed E-state index contributed by atoms with van der Waals surface area (Å²) in [4.78, 5) is 0. The highest BCUT2D eigenvalue weighted by atomic mass is 16.5. The molecule has 0 aliphatic heterocycles. The summed E-state index contributed by atoms with van der Waals surface area (Å²) in [6.07, 6.45) is 3.53. The van der Waals surface area contributed by atoms with E-state index in [-0.39, 0.29) is 0 Å². The van der Waals surface area contributed by atoms with Crippen molar-refractivity contribution in [1.29, 1.82) is 5.26 Å². The van der Waals surface area contributed by atoms with E-state index in [1.807, 2.05) is 24.3 Å². The van der Waals surface area contributed by atoms with Crippen LogP contribution in [-0.4, -0.2) is 12.2 Å². The molecular weight excluding hydrogens is 226 g/mol. The Morgan fingerprint density at radius 3 is 2.61 bits per heavy atom. The van der Waals surface area contributed by atoms with Crippen molar-refractivity contribution in [1.82, 2.24) is 0 Å². The van der Waals surface area contributed by atoms with E-state index in [2.05, 4.69) is 6.07 Å². The first-order valence-electron chi connectivity index (χ1n) is 6.34. The molecule has 0 heterocycles. The number of hydrogen-bond donors (Lipinski definition) is 1. The van der Waals surface area contributed by atoms with Crippen molar-refractivity contribution in [2.24, 2.45) is 5.41 Å². The molecule has 3 heteroatoms. The molecule has 1 atom stereocenters. The summed E-state index contributed by atoms with van der Waals surface area (Å²) in [6, 6.07) is 9.73. The Morgan fingerprint density at radius 1 is 1.39 bits per heavy atom. The topological polar surface area (TPSA) is 53.2 Å². The third kappa shape index (κ3) is 1.87. The fourth-order valence-electron chi connectivity index (χ4n) is 2.89. The standard InChI is InChI=1S/C15H19NO2/c1-14(17,15(11-16)8-3-4-9-15)12-6-5-7-13(10-12)18-2/h5-7,10,17H,3-4,8-9H2,1-2H3. The summed E-state index contributed by atoms with van der Waals surface area (Å²) in [5, 5.41) is 20.4. The fourth-order valence-corrected chi connectivity index (χ4v) is 2.89. The van der Waals surface area contributed by atoms with Crippen LogP contribution in [0.15, 0.2) is 24.3 Å². The molecule has 0 bridgehead atoms. The predicted octanol–water partition coefficient (Wildman–Crippen LogP) is 2.99. The third-order valence-corrected chi connectivity index (χ3v) is 4.23. The lowest BCUT2D eigenvalue weighted by Gasteiger charge is -2.37. The smallest absolute Gasteiger partial charge is 0.119 e. The molecule has 1 unspecified atom stereocenters. The van der Waals surface area contributed by atoms with E-state index in [9.17, 15) is 10.4 Å². The summed E-state index contributed by atoms with van der Waals surface area (Å²) >= 11 is 0. The lowest BCUT2D eigenvalue weighted by molar-refractivity contribution is -0.0423. The molecule has 0 aromatic heterocycles. The van der Waals surface area contributed by atoms with Crippen LogP contribution in [0.5, 0.6) is 5.75 Å². The molecule has 0 saturated heterocycles. The van der Waals surface area contributed by atoms with Gasteiger partial charge < -0.3 is 9.84 Å². The van der Waals surface area contributed by atoms with E-state index < -0.39 is 11.0 Å². The average Bonchev–Trinajstić information content (AvgIpc) is 2.89. The normalized spacial score (nSPS) is 21.0. The molecule has 1 aliphatic rings. The molecule has 18 heavy (non-hydrogen) atoms. The van der Waals surface area contributed by atoms with Gasteiger partial charge in [0.2, 0.25) is 0 Å². The van der Waals surface area contributed by atoms with Crippen LogP contribution < -0.4 is 4.74 Å². The maximum absolute atomic E-state index is 10.9. The Kier molecular flexibility index (Phi) is 3.32. The Morgan fingerprint density at radius 2 is 2.06 bits per heavy atom. The molecule has 1 N–H and O–H groups in total. The zero-order valence-electron chi connectivity index (χ0n) is 10.9. The van der Waals surface area contributed by atoms with Crippen LogP contribution in [0.25, 0.3) is 0 Å². The van der Waals surface area contributed by atoms with Crippen molar-refractivity contribution in [3.8, 4) is 11.8 Å². The maximum Gasteiger partial charge on any atom is 0.119 e. The van der Waals surface area contributed by atoms with Gasteiger partial charge in [-0.1, -0.05) is 25.0 Å². The van der Waals surface area contributed by atoms with Gasteiger partial charge in [0.05, 0.1) is 18.6 Å². The first kappa shape index (κ1) is 12.9. The van der Waals surface area contributed by atoms with Crippen molar-refractivity contribution < 1.29 is 9.84 Å². The summed E-state index contributed by atoms with van der Waals surface area (Å²) in [5.74, 6) is 0.707. The molecule has 96 valence electrons. The lowest BCUT2D eigenvalue weighted by Crippen LogP contribution is -2.40. The molecular formula is C15H19NO2. The second kappa shape index (κ2) is 4.62. The molecule has 1 aromatic rings. The quantitative estimate of drug-likeness (QED) is 0.890. The Balaban J connectivity index is 2.43. The van der Waals surface area contributed by atoms with Crippen molar-refractivity contribution in [2.45, 2.75) is 38.2 Å². The van der Waals surface area contributed by atoms with Gasteiger partial charge in [-0.3, -0.25) is 0 Å². The number of benzene rings is 1. The highest BCUT2D eigenvalue weighted by Gasteiger charge is 2.50. The number of nitriles is 1. The first-order valence-corrected chi connectivity index (χ1v) is 6.34. The van der Waals surface area contributed by atoms with Gasteiger partial charge in [0, 0.05) is 0 Å². The summed E-state index contributed by atoms with van der Waals surface area (Å²) in [6.45, 7) is 1.75. The molecule has 2 rings (SSSR count). The second-order valence-electron chi connectivity index (χ2n) is 5.21. The van der Waals surface area contributed by atoms with Gasteiger partial charge in [0.15, 0.2) is 0 Å². The van der Waals surface area contributed by atoms with E-state index in [0.29, 0.717) is 5.75 Å². The number of methoxy groups -OCH3 is 1. The number of hydrogen-bond acceptors (Lipinski definition) is 3. The number of nitrogens with zero attached hydrogens (tertiary/aromatic N) is 1. The highest BCUT2D eigenvalue weighted by molar-refractivity contribution is 5.35. The molecule has 1 fully saturated rings. The van der Waals surface area contributed by atoms with Crippen LogP contribution in [0, 0.1) is 16.7 Å². The fraction of sp³-hybridized carbons (Fsp3) is 0.533. The SMILES string of the molecule is COc1cccc(C(C)(O)C2(C#N)CCCC2)c1. The summed E-state index contributed by atoms with van der Waals surface area (Å²) in [5.41, 5.74) is -1.04. The van der Waals surface area contributed by atoms with E-state index in [4.69, 9.17) is 4.74 Å². The predicted molar refractivity (Wildman–Crippen MR) is 69.1 cm³/mol. The Labute approximate surface area is 108 Å². The van der Waals surface area contributed by atoms with E-state index in [1.54, 1.807) is 14.0 Å². The molecule has 0 spiro atoms. The van der Waals surface area contributed by atoms with E-state index in [0.717, 1.165) is 31.2 Å². The molecule has 1 aliphatic carbocycles. The molecule has 1 saturated carbocycles. The minimum absolute atomic E-state index is 0.667. The zero-order chi connectivity index (χ0) is 13.2. The summed E-state index contributed by atoms with van der Waals surface area (Å²) in [7, 11) is 1.60. The molecule has 3 nitrogen and oxygen atoms in total. The van der Waals surface area contributed by atoms with E-state index >= 15 is 0 Å². The van der Waals surface area contributed by atoms with Gasteiger partial charge >= 0.3 is 0 Å². The van der Waals surface area contributed by atoms with Crippen LogP contribution in [0.4, 0.5) is 0 Å². The maximum atomic E-state index is 10.9. The van der Waals surface area contributed by atoms with Gasteiger partial charge in [0.25, 0.3) is 0 Å². The van der Waals surface area contributed by atoms with Gasteiger partial charge in [-0.15, -0.1) is 0 Å². The lowest BCUT2D eigenvalue weighted by atomic mass is 9.69. The number of ether oxygens (including phenoxy) is 1. The van der Waals surface area contributed by atoms with Crippen molar-refractivity contribution in [3.05, 3.63) is 29.8 Å². The van der Waals surface area contributed by atoms with Gasteiger partial charge in [0.1, 0.15) is 11.4 Å². The third-order valence-electron chi connectivity index (χ3n) is 4.23. The first-order chi connectivity index (χ1) is 8.55. The molecule has 0 amide bonds. The van der Waals surface area contributed by atoms with E-state index in [1.165, 1.54) is 0 Å². The van der Waals surface area contributed by atoms with Crippen LogP contribution in [0.1, 0.15) is 38.2 Å². The van der Waals surface area contributed by atoms with Crippen LogP contribution in [0.3, 0.4) is 0 Å². The van der Waals surface area contributed by atoms with Crippen molar-refractivity contribution in [2.75, 3.05) is 7.11 Å². The largest absolute Gasteiger partial charge is 0.497 e. The molecule has 1 aromatic carbocycles. The van der Waals surface area contributed by atoms with Crippen LogP contribution in [-0.2, 0) is 5.60 Å². The Bertz CT molecular complexity index is 468. The van der Waals surface area contributed by atoms with Crippen molar-refractivity contribution in [3.63, 3.8) is 0 Å². The van der Waals surface area contributed by atoms with Crippen molar-refractivity contribution >= 4 is 0 Å². The number of rotatable bonds is 3. The van der Waals surface area contributed by atoms with Gasteiger partial charge in [-0.25, -0.2) is 0 Å². The van der Waals surface area contributed by atoms with Crippen LogP contribution in [0.2, 0.25) is 0 Å². The monoisotopic (exact) mass is 245 g/mol. The average molecular weight is 245 g/mol. The number of aliphatic hydroxyl groups is 1. The van der Waals surface area contributed by atoms with Gasteiger partial charge in [-0.05, 0) is 37.5 Å². The minimum Gasteiger partial charge on any atom is -0.497 e. The second-order valence-corrected chi connectivity index (χ2v) is 5.21. The Hall–Kier alpha value is -1.53.